The van der Waals surface area contributed by atoms with E-state index < -0.39 is 0 Å². The number of ether oxygens (including phenoxy) is 1. The molecule has 0 spiro atoms. The van der Waals surface area contributed by atoms with Gasteiger partial charge < -0.3 is 4.74 Å². The Bertz CT molecular complexity index is 154. The minimum absolute atomic E-state index is 0.0237. The molecule has 1 amide bonds. The Morgan fingerprint density at radius 3 is 3.00 bits per heavy atom. The largest absolute Gasteiger partial charge is 0.378 e. The molecule has 0 aromatic heterocycles. The zero-order valence-electron chi connectivity index (χ0n) is 7.58. The van der Waals surface area contributed by atoms with Crippen LogP contribution in [0, 0.1) is 0 Å². The molecule has 1 atom stereocenters. The lowest BCUT2D eigenvalue weighted by Crippen LogP contribution is -2.28. The maximum absolute atomic E-state index is 11.3. The van der Waals surface area contributed by atoms with Crippen LogP contribution in [0.3, 0.4) is 0 Å². The van der Waals surface area contributed by atoms with Gasteiger partial charge in [0.1, 0.15) is 0 Å². The summed E-state index contributed by atoms with van der Waals surface area (Å²) in [6, 6.07) is 0. The standard InChI is InChI=1S/C8H15NO3/c1-9(11-2)8(10)6-7-4-3-5-12-7/h7H,3-6H2,1-2H3. The highest BCUT2D eigenvalue weighted by Crippen LogP contribution is 2.15. The maximum atomic E-state index is 11.3. The molecule has 1 saturated heterocycles. The van der Waals surface area contributed by atoms with Gasteiger partial charge in [0.05, 0.1) is 19.6 Å². The number of carbonyl (C=O) groups is 1. The third-order valence-electron chi connectivity index (χ3n) is 2.05. The van der Waals surface area contributed by atoms with E-state index >= 15 is 0 Å². The molecule has 0 radical (unpaired) electrons. The van der Waals surface area contributed by atoms with Gasteiger partial charge in [0.25, 0.3) is 0 Å². The Morgan fingerprint density at radius 1 is 1.75 bits per heavy atom. The molecule has 1 unspecified atom stereocenters. The lowest BCUT2D eigenvalue weighted by molar-refractivity contribution is -0.170. The van der Waals surface area contributed by atoms with Crippen LogP contribution in [-0.4, -0.2) is 37.8 Å². The predicted molar refractivity (Wildman–Crippen MR) is 43.4 cm³/mol. The van der Waals surface area contributed by atoms with Crippen molar-refractivity contribution in [1.82, 2.24) is 5.06 Å². The van der Waals surface area contributed by atoms with Crippen LogP contribution in [0.15, 0.2) is 0 Å². The van der Waals surface area contributed by atoms with Crippen LogP contribution in [0.25, 0.3) is 0 Å². The Labute approximate surface area is 72.4 Å². The van der Waals surface area contributed by atoms with Crippen molar-refractivity contribution in [2.24, 2.45) is 0 Å². The van der Waals surface area contributed by atoms with E-state index in [2.05, 4.69) is 0 Å². The second kappa shape index (κ2) is 4.42. The van der Waals surface area contributed by atoms with E-state index in [1.54, 1.807) is 7.05 Å². The zero-order chi connectivity index (χ0) is 8.97. The van der Waals surface area contributed by atoms with Gasteiger partial charge in [-0.1, -0.05) is 0 Å². The van der Waals surface area contributed by atoms with Crippen LogP contribution < -0.4 is 0 Å². The van der Waals surface area contributed by atoms with Crippen molar-refractivity contribution in [1.29, 1.82) is 0 Å². The molecule has 0 aliphatic carbocycles. The maximum Gasteiger partial charge on any atom is 0.248 e. The van der Waals surface area contributed by atoms with Crippen molar-refractivity contribution >= 4 is 5.91 Å². The topological polar surface area (TPSA) is 38.8 Å². The summed E-state index contributed by atoms with van der Waals surface area (Å²) < 4.78 is 5.32. The summed E-state index contributed by atoms with van der Waals surface area (Å²) in [4.78, 5) is 16.0. The molecular formula is C8H15NO3. The van der Waals surface area contributed by atoms with Crippen LogP contribution in [0.2, 0.25) is 0 Å². The first-order valence-corrected chi connectivity index (χ1v) is 4.16. The average molecular weight is 173 g/mol. The summed E-state index contributed by atoms with van der Waals surface area (Å²) in [7, 11) is 3.09. The van der Waals surface area contributed by atoms with E-state index in [-0.39, 0.29) is 12.0 Å². The predicted octanol–water partition coefficient (Wildman–Crippen LogP) is 0.575. The summed E-state index contributed by atoms with van der Waals surface area (Å²) in [6.45, 7) is 0.786. The molecule has 1 aliphatic rings. The number of carbonyl (C=O) groups excluding carboxylic acids is 1. The lowest BCUT2D eigenvalue weighted by atomic mass is 10.2. The Balaban J connectivity index is 2.25. The summed E-state index contributed by atoms with van der Waals surface area (Å²) in [6.07, 6.45) is 2.59. The molecule has 0 saturated carbocycles. The number of hydrogen-bond donors (Lipinski definition) is 0. The van der Waals surface area contributed by atoms with Gasteiger partial charge in [-0.25, -0.2) is 5.06 Å². The normalized spacial score (nSPS) is 22.7. The molecule has 0 aromatic carbocycles. The first kappa shape index (κ1) is 9.48. The van der Waals surface area contributed by atoms with E-state index in [0.29, 0.717) is 6.42 Å². The zero-order valence-corrected chi connectivity index (χ0v) is 7.58. The summed E-state index contributed by atoms with van der Waals surface area (Å²) in [5.41, 5.74) is 0. The Morgan fingerprint density at radius 2 is 2.50 bits per heavy atom. The molecule has 0 aromatic rings. The Kier molecular flexibility index (Phi) is 3.49. The lowest BCUT2D eigenvalue weighted by Gasteiger charge is -2.15. The van der Waals surface area contributed by atoms with Crippen molar-refractivity contribution < 1.29 is 14.4 Å². The number of hydrogen-bond acceptors (Lipinski definition) is 3. The number of nitrogens with zero attached hydrogens (tertiary/aromatic N) is 1. The van der Waals surface area contributed by atoms with Gasteiger partial charge in [-0.3, -0.25) is 9.63 Å². The quantitative estimate of drug-likeness (QED) is 0.586. The molecule has 4 nitrogen and oxygen atoms in total. The molecule has 1 fully saturated rings. The molecule has 1 aliphatic heterocycles. The number of hydroxylamine groups is 2. The highest BCUT2D eigenvalue weighted by atomic mass is 16.7. The van der Waals surface area contributed by atoms with Crippen molar-refractivity contribution in [3.8, 4) is 0 Å². The highest BCUT2D eigenvalue weighted by molar-refractivity contribution is 5.75. The van der Waals surface area contributed by atoms with E-state index in [4.69, 9.17) is 9.57 Å². The summed E-state index contributed by atoms with van der Waals surface area (Å²) >= 11 is 0. The number of rotatable bonds is 3. The van der Waals surface area contributed by atoms with E-state index in [0.717, 1.165) is 19.4 Å². The minimum atomic E-state index is -0.0237. The molecule has 4 heteroatoms. The third-order valence-corrected chi connectivity index (χ3v) is 2.05. The highest BCUT2D eigenvalue weighted by Gasteiger charge is 2.20. The first-order chi connectivity index (χ1) is 5.74. The fourth-order valence-corrected chi connectivity index (χ4v) is 1.23. The van der Waals surface area contributed by atoms with Gasteiger partial charge in [0.2, 0.25) is 5.91 Å². The minimum Gasteiger partial charge on any atom is -0.378 e. The SMILES string of the molecule is CON(C)C(=O)CC1CCCO1. The van der Waals surface area contributed by atoms with E-state index in [1.807, 2.05) is 0 Å². The molecule has 0 bridgehead atoms. The molecule has 12 heavy (non-hydrogen) atoms. The van der Waals surface area contributed by atoms with Crippen LogP contribution in [0.4, 0.5) is 0 Å². The summed E-state index contributed by atoms with van der Waals surface area (Å²) in [5.74, 6) is -0.0237. The summed E-state index contributed by atoms with van der Waals surface area (Å²) in [5, 5.41) is 1.24. The van der Waals surface area contributed by atoms with Crippen molar-refractivity contribution in [3.05, 3.63) is 0 Å². The van der Waals surface area contributed by atoms with Crippen LogP contribution in [0.5, 0.6) is 0 Å². The molecule has 0 N–H and O–H groups in total. The van der Waals surface area contributed by atoms with Gasteiger partial charge in [-0.2, -0.15) is 0 Å². The Hall–Kier alpha value is -0.610. The second-order valence-electron chi connectivity index (χ2n) is 2.91. The molecule has 1 heterocycles. The molecule has 1 rings (SSSR count). The third kappa shape index (κ3) is 2.46. The molecular weight excluding hydrogens is 158 g/mol. The van der Waals surface area contributed by atoms with Crippen molar-refractivity contribution in [2.45, 2.75) is 25.4 Å². The monoisotopic (exact) mass is 173 g/mol. The molecule has 70 valence electrons. The van der Waals surface area contributed by atoms with Gasteiger partial charge in [0, 0.05) is 13.7 Å². The average Bonchev–Trinajstić information content (AvgIpc) is 2.55. The van der Waals surface area contributed by atoms with E-state index in [9.17, 15) is 4.79 Å². The van der Waals surface area contributed by atoms with Crippen LogP contribution >= 0.6 is 0 Å². The van der Waals surface area contributed by atoms with Gasteiger partial charge in [0.15, 0.2) is 0 Å². The van der Waals surface area contributed by atoms with Crippen LogP contribution in [-0.2, 0) is 14.4 Å². The van der Waals surface area contributed by atoms with E-state index in [1.165, 1.54) is 12.2 Å². The fraction of sp³-hybridized carbons (Fsp3) is 0.875. The van der Waals surface area contributed by atoms with Crippen LogP contribution in [0.1, 0.15) is 19.3 Å². The van der Waals surface area contributed by atoms with Gasteiger partial charge in [-0.05, 0) is 12.8 Å². The smallest absolute Gasteiger partial charge is 0.248 e. The van der Waals surface area contributed by atoms with Crippen molar-refractivity contribution in [3.63, 3.8) is 0 Å². The second-order valence-corrected chi connectivity index (χ2v) is 2.91. The first-order valence-electron chi connectivity index (χ1n) is 4.16. The van der Waals surface area contributed by atoms with Gasteiger partial charge >= 0.3 is 0 Å². The number of amides is 1. The fourth-order valence-electron chi connectivity index (χ4n) is 1.23. The van der Waals surface area contributed by atoms with Gasteiger partial charge in [-0.15, -0.1) is 0 Å². The van der Waals surface area contributed by atoms with Crippen molar-refractivity contribution in [2.75, 3.05) is 20.8 Å².